The molecule has 2 saturated heterocycles. The van der Waals surface area contributed by atoms with Gasteiger partial charge in [0.2, 0.25) is 11.8 Å². The van der Waals surface area contributed by atoms with Crippen molar-refractivity contribution in [1.82, 2.24) is 35.7 Å². The lowest BCUT2D eigenvalue weighted by molar-refractivity contribution is -0.126. The maximum absolute atomic E-state index is 13.2. The van der Waals surface area contributed by atoms with E-state index in [2.05, 4.69) is 46.4 Å². The summed E-state index contributed by atoms with van der Waals surface area (Å²) >= 11 is 2.32. The number of urea groups is 1. The molecule has 77 heavy (non-hydrogen) atoms. The number of thiazole rings is 2. The maximum atomic E-state index is 13.2. The van der Waals surface area contributed by atoms with Crippen LogP contribution in [0.5, 0.6) is 5.75 Å². The number of aromatic nitrogens is 2. The van der Waals surface area contributed by atoms with Crippen molar-refractivity contribution < 1.29 is 42.3 Å². The van der Waals surface area contributed by atoms with Gasteiger partial charge in [-0.05, 0) is 112 Å². The zero-order valence-corrected chi connectivity index (χ0v) is 45.7. The summed E-state index contributed by atoms with van der Waals surface area (Å²) < 4.78 is 31.3. The van der Waals surface area contributed by atoms with Gasteiger partial charge in [0.05, 0.1) is 34.2 Å². The lowest BCUT2D eigenvalue weighted by Crippen LogP contribution is -2.57. The Hall–Kier alpha value is -6.52. The number of Topliss-reactive ketones (excluding diaryl/α,β-unsaturated/α-hetero) is 2. The van der Waals surface area contributed by atoms with Gasteiger partial charge in [-0.3, -0.25) is 39.6 Å². The first-order chi connectivity index (χ1) is 36.9. The number of nitrogens with zero attached hydrogens (tertiary/aromatic N) is 4. The first-order valence-electron chi connectivity index (χ1n) is 26.3. The summed E-state index contributed by atoms with van der Waals surface area (Å²) in [5, 5.41) is 15.2. The fourth-order valence-electron chi connectivity index (χ4n) is 10.4. The highest BCUT2D eigenvalue weighted by atomic mass is 32.1. The van der Waals surface area contributed by atoms with E-state index in [1.54, 1.807) is 62.4 Å². The van der Waals surface area contributed by atoms with Crippen molar-refractivity contribution in [2.45, 2.75) is 116 Å². The Labute approximate surface area is 456 Å². The van der Waals surface area contributed by atoms with Crippen LogP contribution in [0.15, 0.2) is 78.9 Å². The molecule has 0 bridgehead atoms. The third kappa shape index (κ3) is 18.3. The van der Waals surface area contributed by atoms with Crippen LogP contribution in [0.2, 0.25) is 0 Å². The number of hydrogen-bond acceptors (Lipinski definition) is 14. The molecule has 21 heteroatoms. The second-order valence-electron chi connectivity index (χ2n) is 20.3. The Morgan fingerprint density at radius 2 is 1.13 bits per heavy atom. The van der Waals surface area contributed by atoms with Gasteiger partial charge in [0.25, 0.3) is 0 Å². The number of amides is 5. The summed E-state index contributed by atoms with van der Waals surface area (Å²) in [6.45, 7) is 10.4. The van der Waals surface area contributed by atoms with Gasteiger partial charge in [0.15, 0.2) is 21.8 Å². The number of rotatable bonds is 14. The predicted molar refractivity (Wildman–Crippen MR) is 295 cm³/mol. The number of piperazine rings is 2. The van der Waals surface area contributed by atoms with Gasteiger partial charge in [-0.1, -0.05) is 90.8 Å². The molecule has 2 aliphatic carbocycles. The number of aryl methyl sites for hydroxylation is 2. The lowest BCUT2D eigenvalue weighted by atomic mass is 9.84. The number of halogens is 2. The number of hydrogen-bond donors (Lipinski definition) is 6. The van der Waals surface area contributed by atoms with E-state index in [1.165, 1.54) is 68.7 Å². The van der Waals surface area contributed by atoms with Crippen molar-refractivity contribution in [3.63, 3.8) is 0 Å². The van der Waals surface area contributed by atoms with Crippen LogP contribution in [-0.2, 0) is 22.4 Å². The number of para-hydroxylation sites is 1. The summed E-state index contributed by atoms with van der Waals surface area (Å²) in [7, 11) is 0. The Balaban J connectivity index is 0.000000178. The van der Waals surface area contributed by atoms with Gasteiger partial charge in [-0.25, -0.2) is 28.3 Å². The molecule has 4 heterocycles. The predicted octanol–water partition coefficient (Wildman–Crippen LogP) is 8.47. The number of nitrogens with one attached hydrogen (secondary N) is 5. The van der Waals surface area contributed by atoms with Crippen LogP contribution in [0.1, 0.15) is 107 Å². The van der Waals surface area contributed by atoms with Gasteiger partial charge < -0.3 is 26.4 Å². The minimum absolute atomic E-state index is 0.00220. The van der Waals surface area contributed by atoms with Crippen molar-refractivity contribution in [1.29, 1.82) is 0 Å². The van der Waals surface area contributed by atoms with Crippen LogP contribution in [0.3, 0.4) is 0 Å². The van der Waals surface area contributed by atoms with Crippen molar-refractivity contribution in [2.75, 3.05) is 49.9 Å². The molecular formula is C56H70F2N10O7S2. The van der Waals surface area contributed by atoms with E-state index in [0.29, 0.717) is 69.1 Å². The molecule has 4 fully saturated rings. The molecule has 3 aromatic carbocycles. The van der Waals surface area contributed by atoms with E-state index in [-0.39, 0.29) is 71.1 Å². The minimum atomic E-state index is -0.630. The highest BCUT2D eigenvalue weighted by Crippen LogP contribution is 2.29. The molecule has 9 rings (SSSR count). The Bertz CT molecular complexity index is 2800. The van der Waals surface area contributed by atoms with Crippen LogP contribution in [0.25, 0.3) is 0 Å². The number of anilines is 2. The highest BCUT2D eigenvalue weighted by Gasteiger charge is 2.33. The largest absolute Gasteiger partial charge is 0.418 e. The second-order valence-corrected chi connectivity index (χ2v) is 22.3. The quantitative estimate of drug-likeness (QED) is 0.0576. The second kappa shape index (κ2) is 28.2. The molecule has 0 spiro atoms. The fraction of sp³-hybridized carbons (Fsp3) is 0.464. The molecule has 7 N–H and O–H groups in total. The van der Waals surface area contributed by atoms with Crippen molar-refractivity contribution in [2.24, 2.45) is 17.6 Å². The molecule has 412 valence electrons. The minimum Gasteiger partial charge on any atom is -0.410 e. The van der Waals surface area contributed by atoms with E-state index >= 15 is 0 Å². The third-order valence-electron chi connectivity index (χ3n) is 14.0. The van der Waals surface area contributed by atoms with E-state index in [1.807, 2.05) is 6.07 Å². The standard InChI is InChI=1S/C25H32FN5O3S.C18H26FN3O.C13H12N2O3S/c1-15-23(16(2)32)35-25(27-15)30-24(34)29-21-6-4-3-5-18(21)12-31-13-20(28-22(33)14-31)11-17-7-9-19(26)10-8-17;19-15-7-5-13(6-8-15)9-16-11-22(12-18(23)21-16)10-14-3-1-2-4-17(14)20;1-8-11(9(2)16)19-12(14-8)15-13(17)18-10-6-4-3-5-7-10/h7-10,18,20-21H,3-6,11-14H2,1-2H3,(H,28,33)(H2,27,29,30,34);5-8,14,16-17H,1-4,9-12,20H2,(H,21,23);3-7H,1-2H3,(H,14,15,17)/t18-,20-,21+;14-,16-,17+;/m00./s1. The number of benzene rings is 3. The average Bonchev–Trinajstić information content (AvgIpc) is 3.95. The molecule has 2 aliphatic heterocycles. The molecule has 5 aromatic rings. The van der Waals surface area contributed by atoms with Gasteiger partial charge >= 0.3 is 12.1 Å². The van der Waals surface area contributed by atoms with Gasteiger partial charge in [0, 0.05) is 64.2 Å². The van der Waals surface area contributed by atoms with E-state index in [0.717, 1.165) is 80.6 Å². The molecule has 2 aromatic heterocycles. The summed E-state index contributed by atoms with van der Waals surface area (Å²) in [6, 6.07) is 21.6. The smallest absolute Gasteiger partial charge is 0.410 e. The molecule has 6 atom stereocenters. The van der Waals surface area contributed by atoms with Gasteiger partial charge in [-0.2, -0.15) is 0 Å². The normalized spacial score (nSPS) is 21.6. The lowest BCUT2D eigenvalue weighted by Gasteiger charge is -2.39. The van der Waals surface area contributed by atoms with Crippen molar-refractivity contribution >= 4 is 68.4 Å². The summed E-state index contributed by atoms with van der Waals surface area (Å²) in [5.74, 6) is 0.610. The van der Waals surface area contributed by atoms with Crippen molar-refractivity contribution in [3.05, 3.63) is 123 Å². The van der Waals surface area contributed by atoms with Crippen LogP contribution >= 0.6 is 22.7 Å². The summed E-state index contributed by atoms with van der Waals surface area (Å²) in [5.41, 5.74) is 9.50. The van der Waals surface area contributed by atoms with Crippen LogP contribution < -0.4 is 37.1 Å². The maximum Gasteiger partial charge on any atom is 0.418 e. The number of carbonyl (C=O) groups is 6. The van der Waals surface area contributed by atoms with Crippen molar-refractivity contribution in [3.8, 4) is 5.75 Å². The number of carbonyl (C=O) groups excluding carboxylic acids is 6. The number of nitrogens with two attached hydrogens (primary N) is 1. The highest BCUT2D eigenvalue weighted by molar-refractivity contribution is 7.18. The van der Waals surface area contributed by atoms with E-state index < -0.39 is 6.09 Å². The zero-order valence-electron chi connectivity index (χ0n) is 44.1. The van der Waals surface area contributed by atoms with Gasteiger partial charge in [-0.15, -0.1) is 0 Å². The molecule has 4 aliphatic rings. The first-order valence-corrected chi connectivity index (χ1v) is 27.9. The third-order valence-corrected chi connectivity index (χ3v) is 16.4. The Kier molecular flexibility index (Phi) is 21.3. The fourth-order valence-corrected chi connectivity index (χ4v) is 12.1. The number of ketones is 2. The SMILES string of the molecule is CC(=O)c1sc(NC(=O)N[C@@H]2CCCC[C@H]2CN2CC(=O)N[C@@H](Cc3ccc(F)cc3)C2)nc1C.CC(=O)c1sc(NC(=O)Oc2ccccc2)nc1C.N[C@@H]1CCCC[C@H]1CN1CC(=O)N[C@@H](Cc2ccc(F)cc2)C1. The molecule has 0 unspecified atom stereocenters. The zero-order chi connectivity index (χ0) is 55.0. The topological polar surface area (TPSA) is 230 Å². The van der Waals surface area contributed by atoms with Crippen LogP contribution in [0.4, 0.5) is 28.6 Å². The Morgan fingerprint density at radius 1 is 0.662 bits per heavy atom. The Morgan fingerprint density at radius 3 is 1.62 bits per heavy atom. The van der Waals surface area contributed by atoms with Gasteiger partial charge in [0.1, 0.15) is 17.4 Å². The molecule has 0 radical (unpaired) electrons. The molecule has 5 amide bonds. The molecule has 17 nitrogen and oxygen atoms in total. The monoisotopic (exact) mass is 1100 g/mol. The average molecular weight is 1100 g/mol. The molecule has 2 saturated carbocycles. The van der Waals surface area contributed by atoms with Crippen LogP contribution in [-0.4, -0.2) is 119 Å². The number of ether oxygens (including phenoxy) is 1. The van der Waals surface area contributed by atoms with Crippen LogP contribution in [0, 0.1) is 37.3 Å². The summed E-state index contributed by atoms with van der Waals surface area (Å²) in [4.78, 5) is 85.5. The van der Waals surface area contributed by atoms with E-state index in [9.17, 15) is 37.5 Å². The summed E-state index contributed by atoms with van der Waals surface area (Å²) in [6.07, 6.45) is 9.50. The first kappa shape index (κ1) is 58.2. The van der Waals surface area contributed by atoms with E-state index in [4.69, 9.17) is 10.5 Å². The molecular weight excluding hydrogens is 1030 g/mol.